The average molecular weight is 328 g/mol. The van der Waals surface area contributed by atoms with Crippen LogP contribution in [0.25, 0.3) is 0 Å². The normalized spacial score (nSPS) is 12.6. The fraction of sp³-hybridized carbons (Fsp3) is 0.625. The molecule has 0 saturated heterocycles. The lowest BCUT2D eigenvalue weighted by molar-refractivity contribution is 0.0568. The van der Waals surface area contributed by atoms with Crippen molar-refractivity contribution in [3.05, 3.63) is 16.8 Å². The molecular weight excluding hydrogens is 302 g/mol. The van der Waals surface area contributed by atoms with E-state index in [9.17, 15) is 0 Å². The Labute approximate surface area is 138 Å². The largest absolute Gasteiger partial charge is 0.471 e. The van der Waals surface area contributed by atoms with E-state index in [-0.39, 0.29) is 6.10 Å². The van der Waals surface area contributed by atoms with Crippen LogP contribution in [0.1, 0.15) is 32.9 Å². The van der Waals surface area contributed by atoms with Crippen molar-refractivity contribution < 1.29 is 9.47 Å². The van der Waals surface area contributed by atoms with Gasteiger partial charge in [0.25, 0.3) is 0 Å². The van der Waals surface area contributed by atoms with Gasteiger partial charge in [0.1, 0.15) is 11.1 Å². The summed E-state index contributed by atoms with van der Waals surface area (Å²) >= 11 is 6.31. The number of hydrogen-bond donors (Lipinski definition) is 0. The molecule has 22 heavy (non-hydrogen) atoms. The molecule has 6 heteroatoms. The van der Waals surface area contributed by atoms with Gasteiger partial charge in [0, 0.05) is 20.2 Å². The molecule has 0 radical (unpaired) electrons. The molecule has 1 rings (SSSR count). The zero-order valence-corrected chi connectivity index (χ0v) is 14.9. The predicted octanol–water partition coefficient (Wildman–Crippen LogP) is 3.72. The number of ether oxygens (including phenoxy) is 2. The first-order valence-corrected chi connectivity index (χ1v) is 8.01. The molecule has 0 aliphatic rings. The van der Waals surface area contributed by atoms with Gasteiger partial charge in [-0.3, -0.25) is 4.99 Å². The summed E-state index contributed by atoms with van der Waals surface area (Å²) < 4.78 is 11.3. The summed E-state index contributed by atoms with van der Waals surface area (Å²) in [4.78, 5) is 10.5. The van der Waals surface area contributed by atoms with Gasteiger partial charge in [-0.1, -0.05) is 18.5 Å². The van der Waals surface area contributed by atoms with Gasteiger partial charge in [-0.25, -0.2) is 4.98 Å². The summed E-state index contributed by atoms with van der Waals surface area (Å²) in [6, 6.07) is 1.87. The molecule has 5 nitrogen and oxygen atoms in total. The van der Waals surface area contributed by atoms with Gasteiger partial charge < -0.3 is 14.4 Å². The van der Waals surface area contributed by atoms with Crippen molar-refractivity contribution in [2.75, 3.05) is 31.7 Å². The lowest BCUT2D eigenvalue weighted by atomic mass is 10.3. The van der Waals surface area contributed by atoms with Crippen LogP contribution in [-0.4, -0.2) is 44.2 Å². The molecule has 0 aliphatic heterocycles. The second-order valence-corrected chi connectivity index (χ2v) is 5.45. The molecule has 1 unspecified atom stereocenters. The quantitative estimate of drug-likeness (QED) is 0.394. The molecule has 0 amide bonds. The maximum absolute atomic E-state index is 6.31. The molecule has 1 heterocycles. The maximum atomic E-state index is 6.31. The van der Waals surface area contributed by atoms with Gasteiger partial charge in [-0.05, 0) is 33.3 Å². The fourth-order valence-electron chi connectivity index (χ4n) is 1.99. The Morgan fingerprint density at radius 2 is 2.18 bits per heavy atom. The fourth-order valence-corrected chi connectivity index (χ4v) is 2.18. The Morgan fingerprint density at radius 1 is 1.45 bits per heavy atom. The van der Waals surface area contributed by atoms with Crippen molar-refractivity contribution in [1.29, 1.82) is 0 Å². The minimum absolute atomic E-state index is 0.0960. The Morgan fingerprint density at radius 3 is 2.77 bits per heavy atom. The molecule has 0 fully saturated rings. The summed E-state index contributed by atoms with van der Waals surface area (Å²) in [5.41, 5.74) is 1.78. The second-order valence-electron chi connectivity index (χ2n) is 5.04. The highest BCUT2D eigenvalue weighted by Crippen LogP contribution is 2.30. The van der Waals surface area contributed by atoms with Crippen LogP contribution in [0.2, 0.25) is 5.02 Å². The van der Waals surface area contributed by atoms with E-state index < -0.39 is 0 Å². The first kappa shape index (κ1) is 18.7. The van der Waals surface area contributed by atoms with Gasteiger partial charge in [0.2, 0.25) is 5.88 Å². The number of rotatable bonds is 9. The first-order valence-electron chi connectivity index (χ1n) is 7.63. The molecule has 0 aromatic carbocycles. The van der Waals surface area contributed by atoms with Crippen LogP contribution in [0, 0.1) is 6.92 Å². The number of hydrogen-bond acceptors (Lipinski definition) is 4. The van der Waals surface area contributed by atoms with Crippen LogP contribution < -0.4 is 9.64 Å². The van der Waals surface area contributed by atoms with E-state index in [0.29, 0.717) is 17.5 Å². The van der Waals surface area contributed by atoms with Crippen LogP contribution in [0.3, 0.4) is 0 Å². The molecule has 0 bridgehead atoms. The summed E-state index contributed by atoms with van der Waals surface area (Å²) in [7, 11) is 1.74. The van der Waals surface area contributed by atoms with Gasteiger partial charge in [0.15, 0.2) is 0 Å². The summed E-state index contributed by atoms with van der Waals surface area (Å²) in [5.74, 6) is 0.444. The zero-order valence-electron chi connectivity index (χ0n) is 14.1. The zero-order chi connectivity index (χ0) is 16.5. The third-order valence-electron chi connectivity index (χ3n) is 3.03. The van der Waals surface area contributed by atoms with Crippen LogP contribution in [0.15, 0.2) is 11.1 Å². The third kappa shape index (κ3) is 5.46. The average Bonchev–Trinajstić information content (AvgIpc) is 2.49. The second kappa shape index (κ2) is 9.64. The van der Waals surface area contributed by atoms with E-state index in [1.165, 1.54) is 0 Å². The molecule has 1 atom stereocenters. The van der Waals surface area contributed by atoms with Gasteiger partial charge in [-0.15, -0.1) is 0 Å². The Kier molecular flexibility index (Phi) is 8.20. The van der Waals surface area contributed by atoms with Crippen molar-refractivity contribution >= 4 is 23.6 Å². The Hall–Kier alpha value is -1.33. The minimum Gasteiger partial charge on any atom is -0.471 e. The van der Waals surface area contributed by atoms with E-state index in [0.717, 1.165) is 31.0 Å². The summed E-state index contributed by atoms with van der Waals surface area (Å²) in [6.07, 6.45) is 2.66. The lowest BCUT2D eigenvalue weighted by Crippen LogP contribution is -2.23. The van der Waals surface area contributed by atoms with Crippen LogP contribution in [0.4, 0.5) is 5.69 Å². The molecule has 0 N–H and O–H groups in total. The Balaban J connectivity index is 2.85. The monoisotopic (exact) mass is 327 g/mol. The number of aliphatic imine (C=N–C) groups is 1. The van der Waals surface area contributed by atoms with Gasteiger partial charge in [-0.2, -0.15) is 0 Å². The SMILES string of the molecule is CCCOCC(C)Oc1nc(C)c(N(C=NC)CC)cc1Cl. The van der Waals surface area contributed by atoms with E-state index >= 15 is 0 Å². The predicted molar refractivity (Wildman–Crippen MR) is 92.6 cm³/mol. The van der Waals surface area contributed by atoms with Crippen LogP contribution in [0.5, 0.6) is 5.88 Å². The number of aromatic nitrogens is 1. The number of pyridine rings is 1. The van der Waals surface area contributed by atoms with Crippen molar-refractivity contribution in [1.82, 2.24) is 4.98 Å². The summed E-state index contributed by atoms with van der Waals surface area (Å²) in [5, 5.41) is 0.492. The molecule has 0 saturated carbocycles. The van der Waals surface area contributed by atoms with Gasteiger partial charge >= 0.3 is 0 Å². The van der Waals surface area contributed by atoms with Crippen molar-refractivity contribution in [2.45, 2.75) is 40.2 Å². The topological polar surface area (TPSA) is 47.0 Å². The summed E-state index contributed by atoms with van der Waals surface area (Å²) in [6.45, 7) is 10.0. The van der Waals surface area contributed by atoms with E-state index in [1.807, 2.05) is 31.7 Å². The van der Waals surface area contributed by atoms with E-state index in [2.05, 4.69) is 16.9 Å². The highest BCUT2D eigenvalue weighted by Gasteiger charge is 2.15. The number of aryl methyl sites for hydroxylation is 1. The first-order chi connectivity index (χ1) is 10.5. The maximum Gasteiger partial charge on any atom is 0.233 e. The molecular formula is C16H26ClN3O2. The van der Waals surface area contributed by atoms with E-state index in [1.54, 1.807) is 13.4 Å². The molecule has 1 aromatic heterocycles. The van der Waals surface area contributed by atoms with Gasteiger partial charge in [0.05, 0.1) is 24.3 Å². The van der Waals surface area contributed by atoms with Crippen LogP contribution in [-0.2, 0) is 4.74 Å². The number of nitrogens with zero attached hydrogens (tertiary/aromatic N) is 3. The molecule has 0 spiro atoms. The van der Waals surface area contributed by atoms with Crippen molar-refractivity contribution in [2.24, 2.45) is 4.99 Å². The van der Waals surface area contributed by atoms with Crippen molar-refractivity contribution in [3.63, 3.8) is 0 Å². The van der Waals surface area contributed by atoms with Crippen LogP contribution >= 0.6 is 11.6 Å². The molecule has 1 aromatic rings. The minimum atomic E-state index is -0.0960. The Bertz CT molecular complexity index is 495. The lowest BCUT2D eigenvalue weighted by Gasteiger charge is -2.21. The number of anilines is 1. The highest BCUT2D eigenvalue weighted by molar-refractivity contribution is 6.32. The third-order valence-corrected chi connectivity index (χ3v) is 3.30. The smallest absolute Gasteiger partial charge is 0.233 e. The highest BCUT2D eigenvalue weighted by atomic mass is 35.5. The number of halogens is 1. The standard InChI is InChI=1S/C16H26ClN3O2/c1-6-8-21-10-12(3)22-16-14(17)9-15(13(4)19-16)20(7-2)11-18-5/h9,11-12H,6-8,10H2,1-5H3. The van der Waals surface area contributed by atoms with E-state index in [4.69, 9.17) is 21.1 Å². The van der Waals surface area contributed by atoms with Crippen molar-refractivity contribution in [3.8, 4) is 5.88 Å². The molecule has 0 aliphatic carbocycles. The molecule has 124 valence electrons.